The third-order valence-corrected chi connectivity index (χ3v) is 3.78. The molecule has 1 heterocycles. The van der Waals surface area contributed by atoms with Crippen LogP contribution in [0.4, 0.5) is 11.4 Å². The van der Waals surface area contributed by atoms with Gasteiger partial charge in [-0.25, -0.2) is 4.99 Å². The van der Waals surface area contributed by atoms with Crippen molar-refractivity contribution in [2.45, 2.75) is 6.92 Å². The molecule has 1 amide bonds. The number of hydrogen-bond donors (Lipinski definition) is 1. The Hall–Kier alpha value is -2.14. The number of rotatable bonds is 2. The van der Waals surface area contributed by atoms with E-state index in [9.17, 15) is 4.79 Å². The topological polar surface area (TPSA) is 50.7 Å². The molecule has 3 rings (SSSR count). The SMILES string of the molecule is COc1ccc(N=C2C(=O)Nc3c(C)cc(Br)cc32)cc1. The van der Waals surface area contributed by atoms with Gasteiger partial charge in [0.25, 0.3) is 5.91 Å². The summed E-state index contributed by atoms with van der Waals surface area (Å²) in [5, 5.41) is 2.87. The Morgan fingerprint density at radius 2 is 1.90 bits per heavy atom. The molecule has 2 aromatic rings. The molecule has 0 aliphatic carbocycles. The van der Waals surface area contributed by atoms with Gasteiger partial charge in [-0.3, -0.25) is 4.79 Å². The van der Waals surface area contributed by atoms with Crippen LogP contribution in [0.5, 0.6) is 5.75 Å². The lowest BCUT2D eigenvalue weighted by Crippen LogP contribution is -2.13. The van der Waals surface area contributed by atoms with E-state index < -0.39 is 0 Å². The average Bonchev–Trinajstić information content (AvgIpc) is 2.77. The van der Waals surface area contributed by atoms with Gasteiger partial charge < -0.3 is 10.1 Å². The van der Waals surface area contributed by atoms with Gasteiger partial charge in [-0.05, 0) is 48.9 Å². The van der Waals surface area contributed by atoms with Gasteiger partial charge in [-0.1, -0.05) is 15.9 Å². The van der Waals surface area contributed by atoms with Crippen molar-refractivity contribution in [3.8, 4) is 5.75 Å². The predicted octanol–water partition coefficient (Wildman–Crippen LogP) is 3.84. The molecule has 1 N–H and O–H groups in total. The first kappa shape index (κ1) is 13.8. The maximum absolute atomic E-state index is 12.1. The minimum Gasteiger partial charge on any atom is -0.497 e. The van der Waals surface area contributed by atoms with Crippen molar-refractivity contribution in [3.05, 3.63) is 52.0 Å². The van der Waals surface area contributed by atoms with E-state index in [0.29, 0.717) is 11.4 Å². The van der Waals surface area contributed by atoms with Crippen LogP contribution >= 0.6 is 15.9 Å². The number of benzene rings is 2. The fourth-order valence-electron chi connectivity index (χ4n) is 2.29. The van der Waals surface area contributed by atoms with Gasteiger partial charge in [0.15, 0.2) is 0 Å². The molecule has 2 aromatic carbocycles. The molecule has 0 spiro atoms. The molecular formula is C16H13BrN2O2. The number of aryl methyl sites for hydroxylation is 1. The fraction of sp³-hybridized carbons (Fsp3) is 0.125. The van der Waals surface area contributed by atoms with Crippen LogP contribution in [0.1, 0.15) is 11.1 Å². The van der Waals surface area contributed by atoms with Crippen molar-refractivity contribution in [2.24, 2.45) is 4.99 Å². The number of fused-ring (bicyclic) bond motifs is 1. The summed E-state index contributed by atoms with van der Waals surface area (Å²) in [5.41, 5.74) is 3.80. The predicted molar refractivity (Wildman–Crippen MR) is 86.7 cm³/mol. The molecule has 0 radical (unpaired) electrons. The highest BCUT2D eigenvalue weighted by Crippen LogP contribution is 2.32. The molecular weight excluding hydrogens is 332 g/mol. The second kappa shape index (κ2) is 5.33. The molecule has 0 unspecified atom stereocenters. The number of carbonyl (C=O) groups is 1. The number of ether oxygens (including phenoxy) is 1. The number of halogens is 1. The van der Waals surface area contributed by atoms with E-state index in [-0.39, 0.29) is 5.91 Å². The first-order valence-electron chi connectivity index (χ1n) is 6.43. The normalized spacial score (nSPS) is 15.0. The Kier molecular flexibility index (Phi) is 3.51. The first-order chi connectivity index (χ1) is 10.1. The van der Waals surface area contributed by atoms with Gasteiger partial charge in [0, 0.05) is 10.0 Å². The minimum atomic E-state index is -0.179. The van der Waals surface area contributed by atoms with E-state index in [4.69, 9.17) is 4.74 Å². The molecule has 1 aliphatic heterocycles. The van der Waals surface area contributed by atoms with Gasteiger partial charge in [0.1, 0.15) is 11.5 Å². The number of amides is 1. The van der Waals surface area contributed by atoms with Crippen molar-refractivity contribution in [2.75, 3.05) is 12.4 Å². The van der Waals surface area contributed by atoms with Gasteiger partial charge in [-0.15, -0.1) is 0 Å². The summed E-state index contributed by atoms with van der Waals surface area (Å²) in [5.74, 6) is 0.579. The van der Waals surface area contributed by atoms with Crippen LogP contribution in [0.2, 0.25) is 0 Å². The van der Waals surface area contributed by atoms with E-state index in [2.05, 4.69) is 26.2 Å². The molecule has 21 heavy (non-hydrogen) atoms. The number of aliphatic imine (C=N–C) groups is 1. The first-order valence-corrected chi connectivity index (χ1v) is 7.22. The van der Waals surface area contributed by atoms with Crippen LogP contribution in [0.3, 0.4) is 0 Å². The van der Waals surface area contributed by atoms with Crippen molar-refractivity contribution in [1.29, 1.82) is 0 Å². The molecule has 0 bridgehead atoms. The lowest BCUT2D eigenvalue weighted by atomic mass is 10.1. The van der Waals surface area contributed by atoms with Gasteiger partial charge in [-0.2, -0.15) is 0 Å². The molecule has 0 atom stereocenters. The summed E-state index contributed by atoms with van der Waals surface area (Å²) in [6, 6.07) is 11.2. The molecule has 1 aliphatic rings. The second-order valence-electron chi connectivity index (χ2n) is 4.76. The van der Waals surface area contributed by atoms with Gasteiger partial charge >= 0.3 is 0 Å². The molecule has 4 nitrogen and oxygen atoms in total. The quantitative estimate of drug-likeness (QED) is 0.899. The van der Waals surface area contributed by atoms with E-state index in [1.165, 1.54) is 0 Å². The van der Waals surface area contributed by atoms with Crippen LogP contribution in [0.25, 0.3) is 0 Å². The smallest absolute Gasteiger partial charge is 0.275 e. The van der Waals surface area contributed by atoms with Gasteiger partial charge in [0.2, 0.25) is 0 Å². The maximum Gasteiger partial charge on any atom is 0.275 e. The highest BCUT2D eigenvalue weighted by Gasteiger charge is 2.27. The van der Waals surface area contributed by atoms with Crippen molar-refractivity contribution in [1.82, 2.24) is 0 Å². The van der Waals surface area contributed by atoms with Gasteiger partial charge in [0.05, 0.1) is 18.5 Å². The highest BCUT2D eigenvalue weighted by atomic mass is 79.9. The third kappa shape index (κ3) is 2.56. The van der Waals surface area contributed by atoms with E-state index in [0.717, 1.165) is 27.0 Å². The van der Waals surface area contributed by atoms with Crippen LogP contribution in [-0.4, -0.2) is 18.7 Å². The summed E-state index contributed by atoms with van der Waals surface area (Å²) in [4.78, 5) is 16.6. The summed E-state index contributed by atoms with van der Waals surface area (Å²) in [6.45, 7) is 1.96. The van der Waals surface area contributed by atoms with Crippen molar-refractivity contribution in [3.63, 3.8) is 0 Å². The molecule has 0 saturated heterocycles. The Labute approximate surface area is 131 Å². The Bertz CT molecular complexity index is 752. The molecule has 0 saturated carbocycles. The van der Waals surface area contributed by atoms with Crippen LogP contribution in [0.15, 0.2) is 45.9 Å². The maximum atomic E-state index is 12.1. The zero-order valence-electron chi connectivity index (χ0n) is 11.6. The zero-order valence-corrected chi connectivity index (χ0v) is 13.2. The van der Waals surface area contributed by atoms with Crippen molar-refractivity contribution >= 4 is 38.9 Å². The molecule has 0 fully saturated rings. The number of nitrogens with zero attached hydrogens (tertiary/aromatic N) is 1. The highest BCUT2D eigenvalue weighted by molar-refractivity contribution is 9.10. The third-order valence-electron chi connectivity index (χ3n) is 3.32. The summed E-state index contributed by atoms with van der Waals surface area (Å²) < 4.78 is 6.04. The second-order valence-corrected chi connectivity index (χ2v) is 5.67. The Morgan fingerprint density at radius 3 is 2.57 bits per heavy atom. The number of hydrogen-bond acceptors (Lipinski definition) is 3. The summed E-state index contributed by atoms with van der Waals surface area (Å²) >= 11 is 3.46. The molecule has 0 aromatic heterocycles. The van der Waals surface area contributed by atoms with E-state index in [1.807, 2.05) is 43.3 Å². The standard InChI is InChI=1S/C16H13BrN2O2/c1-9-7-10(17)8-13-14(9)19-16(20)15(13)18-11-3-5-12(21-2)6-4-11/h3-8H,1-2H3,(H,18,19,20). The Balaban J connectivity index is 2.07. The number of anilines is 1. The number of nitrogens with one attached hydrogen (secondary N) is 1. The molecule has 106 valence electrons. The largest absolute Gasteiger partial charge is 0.497 e. The molecule has 5 heteroatoms. The summed E-state index contributed by atoms with van der Waals surface area (Å²) in [6.07, 6.45) is 0. The van der Waals surface area contributed by atoms with Crippen LogP contribution < -0.4 is 10.1 Å². The lowest BCUT2D eigenvalue weighted by Gasteiger charge is -2.03. The average molecular weight is 345 g/mol. The van der Waals surface area contributed by atoms with Crippen LogP contribution in [0, 0.1) is 6.92 Å². The fourth-order valence-corrected chi connectivity index (χ4v) is 2.86. The van der Waals surface area contributed by atoms with E-state index >= 15 is 0 Å². The monoisotopic (exact) mass is 344 g/mol. The minimum absolute atomic E-state index is 0.179. The van der Waals surface area contributed by atoms with Crippen LogP contribution in [-0.2, 0) is 4.79 Å². The summed E-state index contributed by atoms with van der Waals surface area (Å²) in [7, 11) is 1.61. The number of carbonyl (C=O) groups excluding carboxylic acids is 1. The number of methoxy groups -OCH3 is 1. The lowest BCUT2D eigenvalue weighted by molar-refractivity contribution is -0.110. The Morgan fingerprint density at radius 1 is 1.19 bits per heavy atom. The zero-order chi connectivity index (χ0) is 15.0. The van der Waals surface area contributed by atoms with Crippen molar-refractivity contribution < 1.29 is 9.53 Å². The van der Waals surface area contributed by atoms with E-state index in [1.54, 1.807) is 7.11 Å².